The summed E-state index contributed by atoms with van der Waals surface area (Å²) in [6.45, 7) is 0.0962. The number of rotatable bonds is 5. The molecule has 2 nitrogen and oxygen atoms in total. The van der Waals surface area contributed by atoms with E-state index >= 15 is 0 Å². The lowest BCUT2D eigenvalue weighted by atomic mass is 9.93. The number of hydrogen-bond donors (Lipinski definition) is 0. The molecule has 5 heteroatoms. The molecule has 1 aromatic rings. The van der Waals surface area contributed by atoms with E-state index in [0.29, 0.717) is 24.2 Å². The summed E-state index contributed by atoms with van der Waals surface area (Å²) in [5, 5.41) is 1.06. The van der Waals surface area contributed by atoms with Crippen LogP contribution in [0, 0.1) is 18.2 Å². The van der Waals surface area contributed by atoms with Gasteiger partial charge in [0.2, 0.25) is 0 Å². The van der Waals surface area contributed by atoms with Gasteiger partial charge in [-0.05, 0) is 61.8 Å². The standard InChI is InChI=1S/C19H18Cl2FNO/c1-2-9-24-18-10-12(15(22)11-14(18)20)7-8-17-19(21)13-5-3-4-6-16(13)23-17/h1,10-11,17H,3-9H2. The fourth-order valence-electron chi connectivity index (χ4n) is 3.21. The molecule has 0 radical (unpaired) electrons. The van der Waals surface area contributed by atoms with Crippen LogP contribution in [0.4, 0.5) is 4.39 Å². The van der Waals surface area contributed by atoms with E-state index in [4.69, 9.17) is 39.4 Å². The Bertz CT molecular complexity index is 748. The van der Waals surface area contributed by atoms with Crippen molar-refractivity contribution in [2.45, 2.75) is 44.6 Å². The van der Waals surface area contributed by atoms with Crippen LogP contribution < -0.4 is 4.74 Å². The Morgan fingerprint density at radius 3 is 2.83 bits per heavy atom. The monoisotopic (exact) mass is 365 g/mol. The van der Waals surface area contributed by atoms with Crippen LogP contribution >= 0.6 is 23.2 Å². The van der Waals surface area contributed by atoms with Crippen LogP contribution in [0.2, 0.25) is 5.02 Å². The molecular formula is C19H18Cl2FNO. The van der Waals surface area contributed by atoms with E-state index in [1.165, 1.54) is 24.5 Å². The molecule has 1 aliphatic carbocycles. The molecule has 126 valence electrons. The van der Waals surface area contributed by atoms with Gasteiger partial charge in [-0.2, -0.15) is 0 Å². The number of nitrogens with zero attached hydrogens (tertiary/aromatic N) is 1. The number of fused-ring (bicyclic) bond motifs is 1. The predicted octanol–water partition coefficient (Wildman–Crippen LogP) is 5.31. The number of aliphatic imine (C=N–C) groups is 1. The van der Waals surface area contributed by atoms with E-state index in [-0.39, 0.29) is 23.5 Å². The molecule has 1 heterocycles. The summed E-state index contributed by atoms with van der Waals surface area (Å²) >= 11 is 12.5. The second kappa shape index (κ2) is 7.59. The second-order valence-corrected chi connectivity index (χ2v) is 6.85. The van der Waals surface area contributed by atoms with E-state index < -0.39 is 0 Å². The third-order valence-corrected chi connectivity index (χ3v) is 5.21. The fourth-order valence-corrected chi connectivity index (χ4v) is 3.78. The Morgan fingerprint density at radius 1 is 1.29 bits per heavy atom. The van der Waals surface area contributed by atoms with Crippen LogP contribution in [-0.2, 0) is 6.42 Å². The number of allylic oxidation sites excluding steroid dienone is 1. The normalized spacial score (nSPS) is 19.8. The first-order chi connectivity index (χ1) is 11.6. The van der Waals surface area contributed by atoms with Gasteiger partial charge in [0.05, 0.1) is 11.1 Å². The highest BCUT2D eigenvalue weighted by molar-refractivity contribution is 6.34. The average molecular weight is 366 g/mol. The SMILES string of the molecule is C#CCOc1cc(CCC2N=C3CCCCC3=C2Cl)c(F)cc1Cl. The number of aryl methyl sites for hydroxylation is 1. The van der Waals surface area contributed by atoms with Gasteiger partial charge in [-0.25, -0.2) is 4.39 Å². The van der Waals surface area contributed by atoms with E-state index in [0.717, 1.165) is 23.6 Å². The van der Waals surface area contributed by atoms with Gasteiger partial charge in [0, 0.05) is 10.7 Å². The molecule has 0 bridgehead atoms. The van der Waals surface area contributed by atoms with Gasteiger partial charge >= 0.3 is 0 Å². The van der Waals surface area contributed by atoms with Crippen LogP contribution in [-0.4, -0.2) is 18.4 Å². The molecule has 0 amide bonds. The summed E-state index contributed by atoms with van der Waals surface area (Å²) in [6, 6.07) is 2.83. The van der Waals surface area contributed by atoms with Crippen molar-refractivity contribution in [1.29, 1.82) is 0 Å². The smallest absolute Gasteiger partial charge is 0.148 e. The van der Waals surface area contributed by atoms with E-state index in [1.54, 1.807) is 6.07 Å². The molecular weight excluding hydrogens is 348 g/mol. The van der Waals surface area contributed by atoms with Crippen molar-refractivity contribution < 1.29 is 9.13 Å². The van der Waals surface area contributed by atoms with E-state index in [9.17, 15) is 4.39 Å². The lowest BCUT2D eigenvalue weighted by molar-refractivity contribution is 0.369. The minimum absolute atomic E-state index is 0.0556. The number of benzene rings is 1. The molecule has 2 aliphatic rings. The number of halogens is 3. The summed E-state index contributed by atoms with van der Waals surface area (Å²) in [5.41, 5.74) is 2.89. The van der Waals surface area contributed by atoms with Crippen molar-refractivity contribution in [2.24, 2.45) is 4.99 Å². The third kappa shape index (κ3) is 3.61. The number of ether oxygens (including phenoxy) is 1. The quantitative estimate of drug-likeness (QED) is 0.647. The Kier molecular flexibility index (Phi) is 5.48. The molecule has 1 atom stereocenters. The van der Waals surface area contributed by atoms with Gasteiger partial charge < -0.3 is 4.74 Å². The zero-order valence-corrected chi connectivity index (χ0v) is 14.8. The molecule has 0 aromatic heterocycles. The highest BCUT2D eigenvalue weighted by Gasteiger charge is 2.28. The van der Waals surface area contributed by atoms with Crippen molar-refractivity contribution in [3.8, 4) is 18.1 Å². The summed E-state index contributed by atoms with van der Waals surface area (Å²) in [6.07, 6.45) is 10.7. The Labute approximate surface area is 151 Å². The van der Waals surface area contributed by atoms with Crippen molar-refractivity contribution in [3.63, 3.8) is 0 Å². The lowest BCUT2D eigenvalue weighted by Gasteiger charge is -2.13. The van der Waals surface area contributed by atoms with E-state index in [1.807, 2.05) is 0 Å². The second-order valence-electron chi connectivity index (χ2n) is 6.03. The number of terminal acetylenes is 1. The van der Waals surface area contributed by atoms with E-state index in [2.05, 4.69) is 5.92 Å². The summed E-state index contributed by atoms with van der Waals surface area (Å²) in [5.74, 6) is 2.43. The zero-order valence-electron chi connectivity index (χ0n) is 13.2. The van der Waals surface area contributed by atoms with Gasteiger partial charge in [-0.3, -0.25) is 4.99 Å². The molecule has 1 unspecified atom stereocenters. The fraction of sp³-hybridized carbons (Fsp3) is 0.421. The minimum Gasteiger partial charge on any atom is -0.479 e. The molecule has 0 N–H and O–H groups in total. The first kappa shape index (κ1) is 17.3. The van der Waals surface area contributed by atoms with Crippen molar-refractivity contribution in [2.75, 3.05) is 6.61 Å². The predicted molar refractivity (Wildman–Crippen MR) is 96.6 cm³/mol. The number of hydrogen-bond acceptors (Lipinski definition) is 2. The molecule has 1 aliphatic heterocycles. The summed E-state index contributed by atoms with van der Waals surface area (Å²) < 4.78 is 19.5. The van der Waals surface area contributed by atoms with Gasteiger partial charge in [-0.1, -0.05) is 29.1 Å². The molecule has 1 saturated carbocycles. The molecule has 0 saturated heterocycles. The first-order valence-electron chi connectivity index (χ1n) is 8.10. The largest absolute Gasteiger partial charge is 0.479 e. The average Bonchev–Trinajstić information content (AvgIpc) is 2.90. The molecule has 1 aromatic carbocycles. The molecule has 1 fully saturated rings. The third-order valence-electron chi connectivity index (χ3n) is 4.43. The van der Waals surface area contributed by atoms with Crippen LogP contribution in [0.1, 0.15) is 37.7 Å². The van der Waals surface area contributed by atoms with Crippen LogP contribution in [0.25, 0.3) is 0 Å². The maximum Gasteiger partial charge on any atom is 0.148 e. The van der Waals surface area contributed by atoms with Gasteiger partial charge in [0.15, 0.2) is 0 Å². The molecule has 0 spiro atoms. The van der Waals surface area contributed by atoms with Crippen LogP contribution in [0.3, 0.4) is 0 Å². The summed E-state index contributed by atoms with van der Waals surface area (Å²) in [7, 11) is 0. The van der Waals surface area contributed by atoms with Gasteiger partial charge in [0.25, 0.3) is 0 Å². The first-order valence-corrected chi connectivity index (χ1v) is 8.85. The maximum absolute atomic E-state index is 14.2. The molecule has 24 heavy (non-hydrogen) atoms. The Hall–Kier alpha value is -1.50. The van der Waals surface area contributed by atoms with Crippen LogP contribution in [0.5, 0.6) is 5.75 Å². The molecule has 3 rings (SSSR count). The van der Waals surface area contributed by atoms with Crippen molar-refractivity contribution in [1.82, 2.24) is 0 Å². The van der Waals surface area contributed by atoms with Gasteiger partial charge in [0.1, 0.15) is 18.2 Å². The lowest BCUT2D eigenvalue weighted by Crippen LogP contribution is -2.06. The highest BCUT2D eigenvalue weighted by atomic mass is 35.5. The van der Waals surface area contributed by atoms with Crippen molar-refractivity contribution >= 4 is 28.9 Å². The maximum atomic E-state index is 14.2. The highest BCUT2D eigenvalue weighted by Crippen LogP contribution is 2.36. The van der Waals surface area contributed by atoms with Gasteiger partial charge in [-0.15, -0.1) is 6.42 Å². The Morgan fingerprint density at radius 2 is 2.08 bits per heavy atom. The topological polar surface area (TPSA) is 21.6 Å². The Balaban J connectivity index is 1.72. The summed E-state index contributed by atoms with van der Waals surface area (Å²) in [4.78, 5) is 4.73. The zero-order chi connectivity index (χ0) is 17.1. The van der Waals surface area contributed by atoms with Crippen molar-refractivity contribution in [3.05, 3.63) is 39.1 Å². The van der Waals surface area contributed by atoms with Crippen LogP contribution in [0.15, 0.2) is 27.7 Å². The minimum atomic E-state index is -0.347.